The van der Waals surface area contributed by atoms with E-state index in [0.29, 0.717) is 5.75 Å². The molecule has 2 aromatic carbocycles. The van der Waals surface area contributed by atoms with Gasteiger partial charge in [-0.15, -0.1) is 0 Å². The first-order valence-corrected chi connectivity index (χ1v) is 8.73. The highest BCUT2D eigenvalue weighted by atomic mass is 16.5. The van der Waals surface area contributed by atoms with Crippen LogP contribution >= 0.6 is 0 Å². The number of hydrogen-bond acceptors (Lipinski definition) is 4. The highest BCUT2D eigenvalue weighted by Crippen LogP contribution is 2.21. The molecule has 6 heteroatoms. The number of methoxy groups -OCH3 is 1. The molecule has 27 heavy (non-hydrogen) atoms. The number of nitrogens with one attached hydrogen (secondary N) is 1. The maximum atomic E-state index is 12.5. The van der Waals surface area contributed by atoms with Crippen LogP contribution in [-0.2, 0) is 20.9 Å². The molecule has 2 atom stereocenters. The van der Waals surface area contributed by atoms with Crippen molar-refractivity contribution in [2.45, 2.75) is 39.0 Å². The van der Waals surface area contributed by atoms with Crippen molar-refractivity contribution in [2.75, 3.05) is 7.11 Å². The molecule has 6 nitrogen and oxygen atoms in total. The second-order valence-electron chi connectivity index (χ2n) is 6.32. The normalized spacial score (nSPS) is 12.9. The smallest absolute Gasteiger partial charge is 0.305 e. The number of rotatable bonds is 9. The molecule has 0 aliphatic rings. The molecule has 2 aromatic rings. The quantitative estimate of drug-likeness (QED) is 0.707. The third-order valence-electron chi connectivity index (χ3n) is 4.26. The van der Waals surface area contributed by atoms with Gasteiger partial charge in [0.05, 0.1) is 26.2 Å². The Morgan fingerprint density at radius 3 is 2.56 bits per heavy atom. The van der Waals surface area contributed by atoms with Gasteiger partial charge in [0.1, 0.15) is 11.9 Å². The molecule has 0 radical (unpaired) electrons. The molecule has 0 saturated carbocycles. The van der Waals surface area contributed by atoms with Gasteiger partial charge in [-0.3, -0.25) is 9.59 Å². The second-order valence-corrected chi connectivity index (χ2v) is 6.32. The number of carbonyl (C=O) groups excluding carboxylic acids is 1. The predicted molar refractivity (Wildman–Crippen MR) is 102 cm³/mol. The summed E-state index contributed by atoms with van der Waals surface area (Å²) in [5, 5.41) is 12.0. The van der Waals surface area contributed by atoms with Crippen LogP contribution in [0.1, 0.15) is 36.1 Å². The fraction of sp³-hybridized carbons (Fsp3) is 0.333. The van der Waals surface area contributed by atoms with Crippen LogP contribution in [0, 0.1) is 6.92 Å². The van der Waals surface area contributed by atoms with Crippen LogP contribution in [0.5, 0.6) is 5.75 Å². The van der Waals surface area contributed by atoms with Crippen LogP contribution in [0.25, 0.3) is 0 Å². The highest BCUT2D eigenvalue weighted by Gasteiger charge is 2.22. The lowest BCUT2D eigenvalue weighted by atomic mass is 9.98. The molecule has 2 rings (SSSR count). The van der Waals surface area contributed by atoms with Crippen LogP contribution in [-0.4, -0.2) is 30.2 Å². The largest absolute Gasteiger partial charge is 0.497 e. The summed E-state index contributed by atoms with van der Waals surface area (Å²) in [5.41, 5.74) is 2.59. The number of carbonyl (C=O) groups is 2. The minimum absolute atomic E-state index is 0.195. The number of amides is 1. The summed E-state index contributed by atoms with van der Waals surface area (Å²) in [6.07, 6.45) is -0.921. The van der Waals surface area contributed by atoms with Gasteiger partial charge < -0.3 is 19.9 Å². The minimum atomic E-state index is -0.978. The average Bonchev–Trinajstić information content (AvgIpc) is 2.65. The first-order valence-electron chi connectivity index (χ1n) is 8.73. The molecule has 0 spiro atoms. The number of benzene rings is 2. The number of carboxylic acid groups (broad SMARTS) is 1. The van der Waals surface area contributed by atoms with E-state index >= 15 is 0 Å². The molecule has 0 bridgehead atoms. The lowest BCUT2D eigenvalue weighted by Gasteiger charge is -2.22. The van der Waals surface area contributed by atoms with E-state index in [-0.39, 0.29) is 18.9 Å². The van der Waals surface area contributed by atoms with E-state index < -0.39 is 18.1 Å². The van der Waals surface area contributed by atoms with Crippen molar-refractivity contribution in [2.24, 2.45) is 0 Å². The van der Waals surface area contributed by atoms with Crippen molar-refractivity contribution in [3.05, 3.63) is 65.2 Å². The summed E-state index contributed by atoms with van der Waals surface area (Å²) in [6, 6.07) is 14.2. The molecule has 144 valence electrons. The van der Waals surface area contributed by atoms with E-state index in [0.717, 1.165) is 16.7 Å². The molecule has 2 unspecified atom stereocenters. The molecule has 2 N–H and O–H groups in total. The predicted octanol–water partition coefficient (Wildman–Crippen LogP) is 3.24. The SMILES string of the molecule is COc1cccc(COC(C)C(=O)NC(CC(=O)O)c2ccccc2C)c1. The Morgan fingerprint density at radius 2 is 1.89 bits per heavy atom. The summed E-state index contributed by atoms with van der Waals surface area (Å²) in [4.78, 5) is 23.7. The zero-order valence-corrected chi connectivity index (χ0v) is 15.8. The van der Waals surface area contributed by atoms with Gasteiger partial charge in [0.15, 0.2) is 0 Å². The van der Waals surface area contributed by atoms with E-state index in [1.807, 2.05) is 55.5 Å². The van der Waals surface area contributed by atoms with E-state index in [9.17, 15) is 14.7 Å². The first-order chi connectivity index (χ1) is 12.9. The van der Waals surface area contributed by atoms with Gasteiger partial charge in [0, 0.05) is 0 Å². The Hall–Kier alpha value is -2.86. The van der Waals surface area contributed by atoms with Crippen molar-refractivity contribution in [3.63, 3.8) is 0 Å². The number of carboxylic acids is 1. The summed E-state index contributed by atoms with van der Waals surface area (Å²) in [7, 11) is 1.59. The zero-order valence-electron chi connectivity index (χ0n) is 15.8. The molecule has 0 aromatic heterocycles. The van der Waals surface area contributed by atoms with E-state index in [2.05, 4.69) is 5.32 Å². The Balaban J connectivity index is 2.01. The number of aryl methyl sites for hydroxylation is 1. The summed E-state index contributed by atoms with van der Waals surface area (Å²) in [5.74, 6) is -0.616. The molecular weight excluding hydrogens is 346 g/mol. The maximum Gasteiger partial charge on any atom is 0.305 e. The Labute approximate surface area is 159 Å². The third kappa shape index (κ3) is 6.11. The zero-order chi connectivity index (χ0) is 19.8. The Bertz CT molecular complexity index is 790. The molecule has 0 aliphatic carbocycles. The first kappa shape index (κ1) is 20.5. The summed E-state index contributed by atoms with van der Waals surface area (Å²) in [6.45, 7) is 3.78. The summed E-state index contributed by atoms with van der Waals surface area (Å²) < 4.78 is 10.8. The fourth-order valence-corrected chi connectivity index (χ4v) is 2.74. The van der Waals surface area contributed by atoms with Gasteiger partial charge in [-0.25, -0.2) is 0 Å². The standard InChI is InChI=1S/C21H25NO5/c1-14-7-4-5-10-18(14)19(12-20(23)24)22-21(25)15(2)27-13-16-8-6-9-17(11-16)26-3/h4-11,15,19H,12-13H2,1-3H3,(H,22,25)(H,23,24). The van der Waals surface area contributed by atoms with Crippen molar-refractivity contribution in [1.82, 2.24) is 5.32 Å². The van der Waals surface area contributed by atoms with Crippen LogP contribution in [0.3, 0.4) is 0 Å². The van der Waals surface area contributed by atoms with Crippen molar-refractivity contribution >= 4 is 11.9 Å². The molecule has 0 fully saturated rings. The lowest BCUT2D eigenvalue weighted by Crippen LogP contribution is -2.38. The van der Waals surface area contributed by atoms with E-state index in [1.165, 1.54) is 0 Å². The molecule has 0 heterocycles. The van der Waals surface area contributed by atoms with Gasteiger partial charge in [0.25, 0.3) is 0 Å². The van der Waals surface area contributed by atoms with Gasteiger partial charge in [-0.05, 0) is 42.7 Å². The highest BCUT2D eigenvalue weighted by molar-refractivity contribution is 5.81. The fourth-order valence-electron chi connectivity index (χ4n) is 2.74. The molecule has 0 aliphatic heterocycles. The number of ether oxygens (including phenoxy) is 2. The van der Waals surface area contributed by atoms with Gasteiger partial charge >= 0.3 is 5.97 Å². The minimum Gasteiger partial charge on any atom is -0.497 e. The number of aliphatic carboxylic acids is 1. The third-order valence-corrected chi connectivity index (χ3v) is 4.26. The average molecular weight is 371 g/mol. The topological polar surface area (TPSA) is 84.9 Å². The maximum absolute atomic E-state index is 12.5. The van der Waals surface area contributed by atoms with Gasteiger partial charge in [-0.2, -0.15) is 0 Å². The van der Waals surface area contributed by atoms with Crippen molar-refractivity contribution in [3.8, 4) is 5.75 Å². The van der Waals surface area contributed by atoms with Crippen LogP contribution in [0.15, 0.2) is 48.5 Å². The van der Waals surface area contributed by atoms with Gasteiger partial charge in [-0.1, -0.05) is 36.4 Å². The Morgan fingerprint density at radius 1 is 1.15 bits per heavy atom. The molecule has 1 amide bonds. The van der Waals surface area contributed by atoms with Crippen LogP contribution in [0.4, 0.5) is 0 Å². The van der Waals surface area contributed by atoms with E-state index in [4.69, 9.17) is 9.47 Å². The Kier molecular flexibility index (Phi) is 7.37. The van der Waals surface area contributed by atoms with Crippen molar-refractivity contribution in [1.29, 1.82) is 0 Å². The molecule has 0 saturated heterocycles. The molecular formula is C21H25NO5. The van der Waals surface area contributed by atoms with Crippen molar-refractivity contribution < 1.29 is 24.2 Å². The number of hydrogen-bond donors (Lipinski definition) is 2. The van der Waals surface area contributed by atoms with Crippen LogP contribution in [0.2, 0.25) is 0 Å². The monoisotopic (exact) mass is 371 g/mol. The van der Waals surface area contributed by atoms with E-state index in [1.54, 1.807) is 14.0 Å². The van der Waals surface area contributed by atoms with Crippen LogP contribution < -0.4 is 10.1 Å². The second kappa shape index (κ2) is 9.73. The summed E-state index contributed by atoms with van der Waals surface area (Å²) >= 11 is 0. The lowest BCUT2D eigenvalue weighted by molar-refractivity contribution is -0.138. The van der Waals surface area contributed by atoms with Gasteiger partial charge in [0.2, 0.25) is 5.91 Å².